The van der Waals surface area contributed by atoms with Crippen LogP contribution in [-0.2, 0) is 22.5 Å². The predicted molar refractivity (Wildman–Crippen MR) is 78.0 cm³/mol. The van der Waals surface area contributed by atoms with E-state index in [1.807, 2.05) is 0 Å². The smallest absolute Gasteiger partial charge is 0.439 e. The van der Waals surface area contributed by atoms with Crippen molar-refractivity contribution in [1.29, 1.82) is 0 Å². The lowest BCUT2D eigenvalue weighted by molar-refractivity contribution is -0.162. The average molecular weight is 348 g/mol. The quantitative estimate of drug-likeness (QED) is 0.395. The number of hydrogen-bond acceptors (Lipinski definition) is 5. The monoisotopic (exact) mass is 348 g/mol. The standard InChI is InChI=1S/C10H23F2O5PSi2/c1-8-15-9(13)10(11,12)18(14,16-19(2,3)4)17-20(5,6)7/h8H2,1-7H3. The lowest BCUT2D eigenvalue weighted by Crippen LogP contribution is -2.40. The molecule has 0 aliphatic heterocycles. The SMILES string of the molecule is CCOC(=O)C(F)(F)P(=O)(O[Si](C)(C)C)O[Si](C)(C)C. The van der Waals surface area contributed by atoms with Gasteiger partial charge in [0.2, 0.25) is 0 Å². The molecule has 0 aliphatic rings. The molecular formula is C10H23F2O5PSi2. The van der Waals surface area contributed by atoms with Crippen molar-refractivity contribution >= 4 is 30.2 Å². The van der Waals surface area contributed by atoms with E-state index in [0.29, 0.717) is 0 Å². The fourth-order valence-corrected chi connectivity index (χ4v) is 8.64. The van der Waals surface area contributed by atoms with Gasteiger partial charge >= 0.3 is 19.2 Å². The summed E-state index contributed by atoms with van der Waals surface area (Å²) in [5, 5.41) is 0. The van der Waals surface area contributed by atoms with Gasteiger partial charge in [0.1, 0.15) is 0 Å². The van der Waals surface area contributed by atoms with E-state index in [1.54, 1.807) is 39.3 Å². The molecule has 20 heavy (non-hydrogen) atoms. The molecule has 0 spiro atoms. The zero-order chi connectivity index (χ0) is 16.4. The highest BCUT2D eigenvalue weighted by Crippen LogP contribution is 2.65. The predicted octanol–water partition coefficient (Wildman–Crippen LogP) is 4.04. The summed E-state index contributed by atoms with van der Waals surface area (Å²) in [6.07, 6.45) is 0. The van der Waals surface area contributed by atoms with Crippen LogP contribution in [0.25, 0.3) is 0 Å². The van der Waals surface area contributed by atoms with Crippen molar-refractivity contribution in [3.63, 3.8) is 0 Å². The van der Waals surface area contributed by atoms with Gasteiger partial charge in [-0.25, -0.2) is 4.79 Å². The summed E-state index contributed by atoms with van der Waals surface area (Å²) in [5.74, 6) is -1.88. The molecule has 0 aromatic rings. The summed E-state index contributed by atoms with van der Waals surface area (Å²) in [4.78, 5) is 11.4. The van der Waals surface area contributed by atoms with Gasteiger partial charge < -0.3 is 13.2 Å². The van der Waals surface area contributed by atoms with Crippen LogP contribution in [0.3, 0.4) is 0 Å². The van der Waals surface area contributed by atoms with Crippen molar-refractivity contribution in [2.75, 3.05) is 6.61 Å². The van der Waals surface area contributed by atoms with Gasteiger partial charge in [-0.15, -0.1) is 0 Å². The van der Waals surface area contributed by atoms with Crippen LogP contribution in [0.2, 0.25) is 39.3 Å². The van der Waals surface area contributed by atoms with E-state index in [1.165, 1.54) is 6.92 Å². The van der Waals surface area contributed by atoms with E-state index in [2.05, 4.69) is 4.74 Å². The van der Waals surface area contributed by atoms with E-state index >= 15 is 0 Å². The topological polar surface area (TPSA) is 61.8 Å². The number of ether oxygens (including phenoxy) is 1. The number of carbonyl (C=O) groups is 1. The van der Waals surface area contributed by atoms with Gasteiger partial charge in [0, 0.05) is 0 Å². The third kappa shape index (κ3) is 5.73. The van der Waals surface area contributed by atoms with Gasteiger partial charge in [0.25, 0.3) is 0 Å². The first-order chi connectivity index (χ1) is 8.65. The van der Waals surface area contributed by atoms with E-state index in [9.17, 15) is 18.1 Å². The Kier molecular flexibility index (Phi) is 6.32. The lowest BCUT2D eigenvalue weighted by Gasteiger charge is -2.33. The molecule has 120 valence electrons. The second kappa shape index (κ2) is 6.35. The molecule has 0 atom stereocenters. The van der Waals surface area contributed by atoms with Crippen molar-refractivity contribution in [2.45, 2.75) is 51.9 Å². The summed E-state index contributed by atoms with van der Waals surface area (Å²) in [6.45, 7) is 10.7. The first-order valence-corrected chi connectivity index (χ1v) is 14.6. The minimum atomic E-state index is -4.94. The Balaban J connectivity index is 5.63. The fraction of sp³-hybridized carbons (Fsp3) is 0.900. The molecule has 0 fully saturated rings. The van der Waals surface area contributed by atoms with Crippen LogP contribution < -0.4 is 0 Å². The Labute approximate surface area is 120 Å². The first-order valence-electron chi connectivity index (χ1n) is 6.21. The van der Waals surface area contributed by atoms with Crippen LogP contribution in [0, 0.1) is 0 Å². The van der Waals surface area contributed by atoms with Gasteiger partial charge in [0.05, 0.1) is 6.61 Å². The molecule has 10 heteroatoms. The molecule has 0 saturated heterocycles. The lowest BCUT2D eigenvalue weighted by atomic mass is 10.7. The molecule has 0 bridgehead atoms. The molecule has 0 aromatic carbocycles. The maximum atomic E-state index is 14.2. The number of alkyl halides is 2. The molecule has 0 rings (SSSR count). The van der Waals surface area contributed by atoms with Crippen LogP contribution in [0.15, 0.2) is 0 Å². The fourth-order valence-electron chi connectivity index (χ4n) is 1.18. The molecule has 0 radical (unpaired) electrons. The Morgan fingerprint density at radius 3 is 1.65 bits per heavy atom. The number of rotatable bonds is 7. The van der Waals surface area contributed by atoms with Gasteiger partial charge in [-0.2, -0.15) is 8.78 Å². The number of hydrogen-bond donors (Lipinski definition) is 0. The highest BCUT2D eigenvalue weighted by Gasteiger charge is 2.63. The van der Waals surface area contributed by atoms with Gasteiger partial charge in [0.15, 0.2) is 16.6 Å². The largest absolute Gasteiger partial charge is 0.461 e. The molecule has 0 amide bonds. The Hall–Kier alpha value is -0.0862. The Bertz CT molecular complexity index is 383. The second-order valence-corrected chi connectivity index (χ2v) is 17.6. The minimum Gasteiger partial charge on any atom is -0.461 e. The summed E-state index contributed by atoms with van der Waals surface area (Å²) in [6, 6.07) is 0. The molecule has 5 nitrogen and oxygen atoms in total. The summed E-state index contributed by atoms with van der Waals surface area (Å²) in [7, 11) is -10.2. The third-order valence-electron chi connectivity index (χ3n) is 1.65. The van der Waals surface area contributed by atoms with E-state index in [4.69, 9.17) is 8.43 Å². The summed E-state index contributed by atoms with van der Waals surface area (Å²) in [5.41, 5.74) is -4.30. The van der Waals surface area contributed by atoms with Gasteiger partial charge in [-0.05, 0) is 46.2 Å². The molecule has 0 N–H and O–H groups in total. The highest BCUT2D eigenvalue weighted by atomic mass is 31.2. The zero-order valence-corrected chi connectivity index (χ0v) is 15.8. The highest BCUT2D eigenvalue weighted by molar-refractivity contribution is 7.59. The average Bonchev–Trinajstić information content (AvgIpc) is 2.11. The molecular weight excluding hydrogens is 325 g/mol. The molecule has 0 unspecified atom stereocenters. The minimum absolute atomic E-state index is 0.242. The van der Waals surface area contributed by atoms with Crippen molar-refractivity contribution in [2.24, 2.45) is 0 Å². The van der Waals surface area contributed by atoms with E-state index in [-0.39, 0.29) is 6.61 Å². The van der Waals surface area contributed by atoms with Crippen molar-refractivity contribution in [3.8, 4) is 0 Å². The summed E-state index contributed by atoms with van der Waals surface area (Å²) < 4.78 is 55.4. The third-order valence-corrected chi connectivity index (χ3v) is 8.83. The van der Waals surface area contributed by atoms with E-state index < -0.39 is 35.9 Å². The zero-order valence-electron chi connectivity index (χ0n) is 13.0. The Morgan fingerprint density at radius 1 is 1.05 bits per heavy atom. The number of halogens is 2. The number of esters is 1. The number of carbonyl (C=O) groups excluding carboxylic acids is 1. The van der Waals surface area contributed by atoms with Gasteiger partial charge in [-0.3, -0.25) is 4.57 Å². The molecule has 0 heterocycles. The van der Waals surface area contributed by atoms with Crippen LogP contribution in [0.1, 0.15) is 6.92 Å². The summed E-state index contributed by atoms with van der Waals surface area (Å²) >= 11 is 0. The van der Waals surface area contributed by atoms with Crippen molar-refractivity contribution in [3.05, 3.63) is 0 Å². The van der Waals surface area contributed by atoms with Crippen LogP contribution in [0.5, 0.6) is 0 Å². The molecule has 0 aromatic heterocycles. The maximum Gasteiger partial charge on any atom is 0.439 e. The van der Waals surface area contributed by atoms with Crippen LogP contribution in [0.4, 0.5) is 8.78 Å². The molecule has 0 saturated carbocycles. The maximum absolute atomic E-state index is 14.2. The molecule has 0 aliphatic carbocycles. The Morgan fingerprint density at radius 2 is 1.40 bits per heavy atom. The first kappa shape index (κ1) is 19.9. The normalized spacial score (nSPS) is 14.2. The van der Waals surface area contributed by atoms with Crippen LogP contribution in [-0.4, -0.2) is 34.9 Å². The van der Waals surface area contributed by atoms with Crippen molar-refractivity contribution in [1.82, 2.24) is 0 Å². The van der Waals surface area contributed by atoms with Crippen LogP contribution >= 0.6 is 7.60 Å². The van der Waals surface area contributed by atoms with E-state index in [0.717, 1.165) is 0 Å². The van der Waals surface area contributed by atoms with Crippen molar-refractivity contribution < 1.29 is 31.3 Å². The van der Waals surface area contributed by atoms with Gasteiger partial charge in [-0.1, -0.05) is 0 Å². The second-order valence-electron chi connectivity index (χ2n) is 6.17.